The van der Waals surface area contributed by atoms with Gasteiger partial charge in [0.15, 0.2) is 16.7 Å². The fourth-order valence-corrected chi connectivity index (χ4v) is 5.39. The van der Waals surface area contributed by atoms with E-state index < -0.39 is 5.91 Å². The average Bonchev–Trinajstić information content (AvgIpc) is 3.44. The zero-order valence-corrected chi connectivity index (χ0v) is 22.7. The van der Waals surface area contributed by atoms with E-state index in [0.717, 1.165) is 23.1 Å². The lowest BCUT2D eigenvalue weighted by molar-refractivity contribution is 0.0998. The third-order valence-electron chi connectivity index (χ3n) is 5.70. The summed E-state index contributed by atoms with van der Waals surface area (Å²) >= 11 is 2.10. The highest BCUT2D eigenvalue weighted by atomic mass is 32.2. The number of hydrogen-bond acceptors (Lipinski definition) is 6. The van der Waals surface area contributed by atoms with Gasteiger partial charge in [-0.25, -0.2) is 0 Å². The lowest BCUT2D eigenvalue weighted by Gasteiger charge is -2.01. The van der Waals surface area contributed by atoms with Gasteiger partial charge in [-0.1, -0.05) is 132 Å². The standard InChI is InChI=1S/C32H22N2O4S2/c35-26(22-13-5-1-6-14-22)21-39-31(33-30(37)25-19-11-4-12-20-25)34-32-38-28(24-17-9-3-10-18-24)29(40-32)27(36)23-15-7-2-8-16-23/h1-20H,21H2/b33-31?,34-32-. The second-order valence-electron chi connectivity index (χ2n) is 8.44. The molecule has 5 rings (SSSR count). The molecule has 0 saturated carbocycles. The second-order valence-corrected chi connectivity index (χ2v) is 10.3. The molecule has 1 heterocycles. The van der Waals surface area contributed by atoms with Crippen LogP contribution in [-0.2, 0) is 0 Å². The quantitative estimate of drug-likeness (QED) is 0.122. The zero-order chi connectivity index (χ0) is 27.7. The van der Waals surface area contributed by atoms with E-state index in [1.54, 1.807) is 78.9 Å². The van der Waals surface area contributed by atoms with Gasteiger partial charge in [-0.3, -0.25) is 14.4 Å². The maximum atomic E-state index is 13.4. The summed E-state index contributed by atoms with van der Waals surface area (Å²) in [5, 5.41) is 0.0569. The lowest BCUT2D eigenvalue weighted by atomic mass is 10.1. The van der Waals surface area contributed by atoms with Gasteiger partial charge in [0.2, 0.25) is 5.78 Å². The van der Waals surface area contributed by atoms with Crippen LogP contribution in [0.5, 0.6) is 0 Å². The molecule has 0 bridgehead atoms. The van der Waals surface area contributed by atoms with Crippen LogP contribution in [0, 0.1) is 0 Å². The van der Waals surface area contributed by atoms with Crippen LogP contribution in [-0.4, -0.2) is 28.4 Å². The Bertz CT molecular complexity index is 1730. The molecule has 0 unspecified atom stereocenters. The van der Waals surface area contributed by atoms with Gasteiger partial charge >= 0.3 is 0 Å². The first kappa shape index (κ1) is 26.9. The van der Waals surface area contributed by atoms with Gasteiger partial charge in [0.05, 0.1) is 5.75 Å². The molecule has 1 aromatic heterocycles. The molecule has 0 radical (unpaired) electrons. The molecule has 6 nitrogen and oxygen atoms in total. The van der Waals surface area contributed by atoms with E-state index in [4.69, 9.17) is 4.42 Å². The lowest BCUT2D eigenvalue weighted by Crippen LogP contribution is -2.08. The number of Topliss-reactive ketones (excluding diaryl/α,β-unsaturated/α-hetero) is 1. The largest absolute Gasteiger partial charge is 0.429 e. The highest BCUT2D eigenvalue weighted by Crippen LogP contribution is 2.28. The minimum Gasteiger partial charge on any atom is -0.429 e. The summed E-state index contributed by atoms with van der Waals surface area (Å²) in [6.07, 6.45) is 0. The molecule has 4 aromatic carbocycles. The topological polar surface area (TPSA) is 89.1 Å². The van der Waals surface area contributed by atoms with Gasteiger partial charge in [-0.15, -0.1) is 0 Å². The van der Waals surface area contributed by atoms with E-state index in [1.165, 1.54) is 0 Å². The number of nitrogens with zero attached hydrogens (tertiary/aromatic N) is 2. The third-order valence-corrected chi connectivity index (χ3v) is 7.47. The van der Waals surface area contributed by atoms with Gasteiger partial charge in [-0.05, 0) is 12.1 Å². The van der Waals surface area contributed by atoms with Crippen LogP contribution in [0.1, 0.15) is 36.0 Å². The zero-order valence-electron chi connectivity index (χ0n) is 21.1. The fourth-order valence-electron chi connectivity index (χ4n) is 3.72. The van der Waals surface area contributed by atoms with Gasteiger partial charge in [0.25, 0.3) is 10.8 Å². The molecular formula is C32H22N2O4S2. The van der Waals surface area contributed by atoms with Crippen LogP contribution in [0.25, 0.3) is 11.3 Å². The van der Waals surface area contributed by atoms with Crippen LogP contribution in [0.4, 0.5) is 0 Å². The van der Waals surface area contributed by atoms with Crippen molar-refractivity contribution < 1.29 is 18.8 Å². The van der Waals surface area contributed by atoms with Crippen LogP contribution >= 0.6 is 23.1 Å². The Morgan fingerprint density at radius 3 is 1.80 bits per heavy atom. The molecule has 1 amide bonds. The molecule has 40 heavy (non-hydrogen) atoms. The van der Waals surface area contributed by atoms with Crippen molar-refractivity contribution in [3.63, 3.8) is 0 Å². The summed E-state index contributed by atoms with van der Waals surface area (Å²) in [6.45, 7) is 0. The second kappa shape index (κ2) is 12.9. The summed E-state index contributed by atoms with van der Waals surface area (Å²) in [6, 6.07) is 35.7. The minimum atomic E-state index is -0.501. The first-order valence-corrected chi connectivity index (χ1v) is 14.1. The van der Waals surface area contributed by atoms with Gasteiger partial charge in [0.1, 0.15) is 4.88 Å². The summed E-state index contributed by atoms with van der Waals surface area (Å²) in [7, 11) is 0. The number of carbonyl (C=O) groups excluding carboxylic acids is 3. The highest BCUT2D eigenvalue weighted by Gasteiger charge is 2.21. The molecule has 0 saturated heterocycles. The first-order valence-electron chi connectivity index (χ1n) is 12.3. The van der Waals surface area contributed by atoms with Crippen LogP contribution in [0.15, 0.2) is 136 Å². The number of amidine groups is 1. The smallest absolute Gasteiger partial charge is 0.282 e. The van der Waals surface area contributed by atoms with Crippen molar-refractivity contribution in [1.29, 1.82) is 0 Å². The molecule has 0 atom stereocenters. The summed E-state index contributed by atoms with van der Waals surface area (Å²) < 4.78 is 6.09. The molecular weight excluding hydrogens is 540 g/mol. The van der Waals surface area contributed by atoms with E-state index in [0.29, 0.717) is 32.9 Å². The van der Waals surface area contributed by atoms with E-state index in [2.05, 4.69) is 9.98 Å². The van der Waals surface area contributed by atoms with E-state index in [9.17, 15) is 14.4 Å². The number of benzene rings is 4. The Morgan fingerprint density at radius 1 is 0.675 bits per heavy atom. The molecule has 0 spiro atoms. The predicted molar refractivity (Wildman–Crippen MR) is 159 cm³/mol. The van der Waals surface area contributed by atoms with Crippen LogP contribution in [0.3, 0.4) is 0 Å². The van der Waals surface area contributed by atoms with E-state index in [-0.39, 0.29) is 27.4 Å². The SMILES string of the molecule is O=C(CSC(=NC(=O)c1ccccc1)/N=c1/oc(-c2ccccc2)c(C(=O)c2ccccc2)s1)c1ccccc1. The molecule has 196 valence electrons. The molecule has 0 aliphatic heterocycles. The van der Waals surface area contributed by atoms with Crippen molar-refractivity contribution >= 4 is 45.7 Å². The summed E-state index contributed by atoms with van der Waals surface area (Å²) in [5.74, 6) is -0.452. The Hall–Kier alpha value is -4.66. The fraction of sp³-hybridized carbons (Fsp3) is 0.0312. The predicted octanol–water partition coefficient (Wildman–Crippen LogP) is 6.95. The molecule has 0 N–H and O–H groups in total. The number of thioether (sulfide) groups is 1. The van der Waals surface area contributed by atoms with Gasteiger partial charge in [0, 0.05) is 22.3 Å². The van der Waals surface area contributed by atoms with E-state index >= 15 is 0 Å². The Labute approximate surface area is 238 Å². The average molecular weight is 563 g/mol. The van der Waals surface area contributed by atoms with Crippen molar-refractivity contribution in [3.05, 3.63) is 148 Å². The summed E-state index contributed by atoms with van der Waals surface area (Å²) in [4.78, 5) is 48.4. The number of amides is 1. The van der Waals surface area contributed by atoms with Gasteiger partial charge in [-0.2, -0.15) is 9.98 Å². The monoisotopic (exact) mass is 562 g/mol. The third kappa shape index (κ3) is 6.66. The number of ketones is 2. The van der Waals surface area contributed by atoms with Crippen molar-refractivity contribution in [2.45, 2.75) is 0 Å². The summed E-state index contributed by atoms with van der Waals surface area (Å²) in [5.41, 5.74) is 2.16. The molecule has 5 aromatic rings. The Balaban J connectivity index is 1.55. The molecule has 0 fully saturated rings. The maximum Gasteiger partial charge on any atom is 0.282 e. The van der Waals surface area contributed by atoms with Crippen LogP contribution in [0.2, 0.25) is 0 Å². The maximum absolute atomic E-state index is 13.4. The van der Waals surface area contributed by atoms with Crippen molar-refractivity contribution in [1.82, 2.24) is 0 Å². The Morgan fingerprint density at radius 2 is 1.20 bits per heavy atom. The number of hydrogen-bond donors (Lipinski definition) is 0. The number of rotatable bonds is 7. The highest BCUT2D eigenvalue weighted by molar-refractivity contribution is 8.14. The molecule has 0 aliphatic rings. The number of carbonyl (C=O) groups is 3. The van der Waals surface area contributed by atoms with Crippen molar-refractivity contribution in [2.24, 2.45) is 9.98 Å². The van der Waals surface area contributed by atoms with Crippen molar-refractivity contribution in [2.75, 3.05) is 5.75 Å². The normalized spacial score (nSPS) is 11.8. The van der Waals surface area contributed by atoms with Gasteiger partial charge < -0.3 is 4.42 Å². The van der Waals surface area contributed by atoms with Crippen LogP contribution < -0.4 is 4.87 Å². The Kier molecular flexibility index (Phi) is 8.70. The number of aliphatic imine (C=N–C) groups is 1. The minimum absolute atomic E-state index is 0.0150. The van der Waals surface area contributed by atoms with E-state index in [1.807, 2.05) is 42.5 Å². The molecule has 0 aliphatic carbocycles. The van der Waals surface area contributed by atoms with Crippen molar-refractivity contribution in [3.8, 4) is 11.3 Å². The first-order chi connectivity index (χ1) is 19.6. The molecule has 8 heteroatoms.